The van der Waals surface area contributed by atoms with E-state index in [9.17, 15) is 14.7 Å². The lowest BCUT2D eigenvalue weighted by Gasteiger charge is -2.16. The van der Waals surface area contributed by atoms with E-state index < -0.39 is 12.1 Å². The predicted molar refractivity (Wildman–Crippen MR) is 75.1 cm³/mol. The second kappa shape index (κ2) is 4.94. The summed E-state index contributed by atoms with van der Waals surface area (Å²) in [7, 11) is 0. The van der Waals surface area contributed by atoms with Crippen molar-refractivity contribution >= 4 is 27.9 Å². The minimum atomic E-state index is -1.34. The number of carbonyl (C=O) groups is 1. The van der Waals surface area contributed by atoms with Crippen molar-refractivity contribution in [1.29, 1.82) is 0 Å². The van der Waals surface area contributed by atoms with E-state index in [1.807, 2.05) is 0 Å². The summed E-state index contributed by atoms with van der Waals surface area (Å²) in [6.07, 6.45) is -1.15. The first-order chi connectivity index (χ1) is 10.1. The van der Waals surface area contributed by atoms with Crippen LogP contribution in [0.3, 0.4) is 0 Å². The van der Waals surface area contributed by atoms with E-state index in [0.29, 0.717) is 16.4 Å². The molecule has 0 bridgehead atoms. The van der Waals surface area contributed by atoms with Gasteiger partial charge in [-0.05, 0) is 31.2 Å². The summed E-state index contributed by atoms with van der Waals surface area (Å²) in [5, 5.41) is 11.6. The fourth-order valence-electron chi connectivity index (χ4n) is 2.13. The average molecular weight is 283 g/mol. The van der Waals surface area contributed by atoms with Crippen molar-refractivity contribution in [3.8, 4) is 5.75 Å². The highest BCUT2D eigenvalue weighted by Crippen LogP contribution is 2.27. The van der Waals surface area contributed by atoms with Crippen molar-refractivity contribution in [1.82, 2.24) is 0 Å². The zero-order chi connectivity index (χ0) is 15.0. The minimum absolute atomic E-state index is 0.182. The molecule has 1 aromatic heterocycles. The van der Waals surface area contributed by atoms with E-state index in [1.54, 1.807) is 42.5 Å². The molecule has 0 fully saturated rings. The molecule has 0 unspecified atom stereocenters. The SMILES string of the molecule is C[C@H](Oc1cccc2c(=O)c3ccccc3oc12)C(=O)[O-]. The molecule has 0 spiro atoms. The van der Waals surface area contributed by atoms with Gasteiger partial charge in [-0.25, -0.2) is 0 Å². The zero-order valence-electron chi connectivity index (χ0n) is 11.2. The Kier molecular flexibility index (Phi) is 3.10. The molecular formula is C16H11O5-. The van der Waals surface area contributed by atoms with Gasteiger partial charge in [0.2, 0.25) is 5.43 Å². The summed E-state index contributed by atoms with van der Waals surface area (Å²) in [4.78, 5) is 23.2. The van der Waals surface area contributed by atoms with Crippen LogP contribution in [0, 0.1) is 0 Å². The normalized spacial score (nSPS) is 12.4. The molecule has 0 saturated heterocycles. The van der Waals surface area contributed by atoms with Crippen molar-refractivity contribution in [3.05, 3.63) is 52.7 Å². The molecular weight excluding hydrogens is 272 g/mol. The summed E-state index contributed by atoms with van der Waals surface area (Å²) in [5.74, 6) is -1.14. The van der Waals surface area contributed by atoms with Crippen LogP contribution in [0.4, 0.5) is 0 Å². The third-order valence-electron chi connectivity index (χ3n) is 3.20. The molecule has 0 saturated carbocycles. The Morgan fingerprint density at radius 3 is 2.62 bits per heavy atom. The topological polar surface area (TPSA) is 79.6 Å². The number of fused-ring (bicyclic) bond motifs is 2. The summed E-state index contributed by atoms with van der Waals surface area (Å²) in [5.41, 5.74) is 0.472. The van der Waals surface area contributed by atoms with Crippen LogP contribution in [-0.2, 0) is 4.79 Å². The van der Waals surface area contributed by atoms with Gasteiger partial charge >= 0.3 is 0 Å². The van der Waals surface area contributed by atoms with Gasteiger partial charge in [0.05, 0.1) is 16.7 Å². The first-order valence-corrected chi connectivity index (χ1v) is 6.40. The van der Waals surface area contributed by atoms with Crippen LogP contribution in [-0.4, -0.2) is 12.1 Å². The standard InChI is InChI=1S/C16H12O5/c1-9(16(18)19)20-13-8-4-6-11-14(17)10-5-2-3-7-12(10)21-15(11)13/h2-9H,1H3,(H,18,19)/p-1/t9-/m0/s1. The molecule has 1 heterocycles. The van der Waals surface area contributed by atoms with Crippen molar-refractivity contribution in [2.24, 2.45) is 0 Å². The van der Waals surface area contributed by atoms with Gasteiger partial charge in [-0.2, -0.15) is 0 Å². The van der Waals surface area contributed by atoms with Gasteiger partial charge in [0.15, 0.2) is 11.3 Å². The Labute approximate surface area is 119 Å². The van der Waals surface area contributed by atoms with Gasteiger partial charge in [0, 0.05) is 0 Å². The van der Waals surface area contributed by atoms with Crippen LogP contribution < -0.4 is 15.3 Å². The van der Waals surface area contributed by atoms with Gasteiger partial charge < -0.3 is 19.1 Å². The second-order valence-corrected chi connectivity index (χ2v) is 4.64. The second-order valence-electron chi connectivity index (χ2n) is 4.64. The van der Waals surface area contributed by atoms with Gasteiger partial charge in [-0.15, -0.1) is 0 Å². The van der Waals surface area contributed by atoms with Gasteiger partial charge in [0.25, 0.3) is 0 Å². The van der Waals surface area contributed by atoms with Crippen molar-refractivity contribution in [2.45, 2.75) is 13.0 Å². The van der Waals surface area contributed by atoms with E-state index in [4.69, 9.17) is 9.15 Å². The van der Waals surface area contributed by atoms with Crippen LogP contribution in [0.1, 0.15) is 6.92 Å². The number of para-hydroxylation sites is 2. The average Bonchev–Trinajstić information content (AvgIpc) is 2.48. The van der Waals surface area contributed by atoms with E-state index in [2.05, 4.69) is 0 Å². The summed E-state index contributed by atoms with van der Waals surface area (Å²) in [6.45, 7) is 1.35. The molecule has 0 amide bonds. The van der Waals surface area contributed by atoms with Gasteiger partial charge in [-0.1, -0.05) is 18.2 Å². The number of rotatable bonds is 3. The van der Waals surface area contributed by atoms with Crippen LogP contribution in [0.25, 0.3) is 21.9 Å². The Hall–Kier alpha value is -2.82. The maximum absolute atomic E-state index is 12.4. The fourth-order valence-corrected chi connectivity index (χ4v) is 2.13. The Balaban J connectivity index is 2.28. The Morgan fingerprint density at radius 1 is 1.14 bits per heavy atom. The number of hydrogen-bond donors (Lipinski definition) is 0. The third-order valence-corrected chi connectivity index (χ3v) is 3.20. The predicted octanol–water partition coefficient (Wildman–Crippen LogP) is 1.46. The maximum Gasteiger partial charge on any atom is 0.200 e. The fraction of sp³-hybridized carbons (Fsp3) is 0.125. The molecule has 0 aliphatic rings. The minimum Gasteiger partial charge on any atom is -0.546 e. The van der Waals surface area contributed by atoms with E-state index >= 15 is 0 Å². The van der Waals surface area contributed by atoms with E-state index in [-0.39, 0.29) is 16.8 Å². The lowest BCUT2D eigenvalue weighted by Crippen LogP contribution is -2.37. The molecule has 3 aromatic rings. The molecule has 2 aromatic carbocycles. The van der Waals surface area contributed by atoms with Crippen molar-refractivity contribution in [2.75, 3.05) is 0 Å². The Bertz CT molecular complexity index is 894. The first-order valence-electron chi connectivity index (χ1n) is 6.40. The highest BCUT2D eigenvalue weighted by Gasteiger charge is 2.13. The molecule has 3 rings (SSSR count). The largest absolute Gasteiger partial charge is 0.546 e. The zero-order valence-corrected chi connectivity index (χ0v) is 11.2. The number of carboxylic acids is 1. The van der Waals surface area contributed by atoms with Crippen LogP contribution >= 0.6 is 0 Å². The highest BCUT2D eigenvalue weighted by molar-refractivity contribution is 5.92. The highest BCUT2D eigenvalue weighted by atomic mass is 16.5. The third kappa shape index (κ3) is 2.23. The van der Waals surface area contributed by atoms with E-state index in [0.717, 1.165) is 0 Å². The number of aliphatic carboxylic acids is 1. The number of benzene rings is 2. The lowest BCUT2D eigenvalue weighted by atomic mass is 10.1. The van der Waals surface area contributed by atoms with E-state index in [1.165, 1.54) is 6.92 Å². The lowest BCUT2D eigenvalue weighted by molar-refractivity contribution is -0.312. The molecule has 0 aliphatic carbocycles. The number of ether oxygens (including phenoxy) is 1. The van der Waals surface area contributed by atoms with Crippen molar-refractivity contribution < 1.29 is 19.1 Å². The molecule has 0 radical (unpaired) electrons. The number of hydrogen-bond acceptors (Lipinski definition) is 5. The summed E-state index contributed by atoms with van der Waals surface area (Å²) < 4.78 is 11.0. The summed E-state index contributed by atoms with van der Waals surface area (Å²) >= 11 is 0. The monoisotopic (exact) mass is 283 g/mol. The molecule has 5 nitrogen and oxygen atoms in total. The van der Waals surface area contributed by atoms with Crippen LogP contribution in [0.15, 0.2) is 51.7 Å². The maximum atomic E-state index is 12.4. The number of carbonyl (C=O) groups excluding carboxylic acids is 1. The molecule has 21 heavy (non-hydrogen) atoms. The van der Waals surface area contributed by atoms with Crippen molar-refractivity contribution in [3.63, 3.8) is 0 Å². The van der Waals surface area contributed by atoms with Gasteiger partial charge in [-0.3, -0.25) is 4.79 Å². The molecule has 1 atom stereocenters. The Morgan fingerprint density at radius 2 is 1.86 bits per heavy atom. The van der Waals surface area contributed by atoms with Gasteiger partial charge in [0.1, 0.15) is 11.7 Å². The molecule has 0 N–H and O–H groups in total. The molecule has 106 valence electrons. The summed E-state index contributed by atoms with van der Waals surface area (Å²) in [6, 6.07) is 11.6. The molecule has 0 aliphatic heterocycles. The number of carboxylic acid groups (broad SMARTS) is 1. The first kappa shape index (κ1) is 13.2. The molecule has 5 heteroatoms. The smallest absolute Gasteiger partial charge is 0.200 e. The van der Waals surface area contributed by atoms with Crippen LogP contribution in [0.2, 0.25) is 0 Å². The quantitative estimate of drug-likeness (QED) is 0.680. The van der Waals surface area contributed by atoms with Crippen LogP contribution in [0.5, 0.6) is 5.75 Å².